The molecular formula is C11H11BrN2OS. The van der Waals surface area contributed by atoms with Crippen LogP contribution in [0.4, 0.5) is 0 Å². The van der Waals surface area contributed by atoms with E-state index in [1.807, 2.05) is 23.6 Å². The first-order chi connectivity index (χ1) is 7.74. The number of benzene rings is 1. The number of rotatable bonds is 3. The Morgan fingerprint density at radius 3 is 2.88 bits per heavy atom. The smallest absolute Gasteiger partial charge is 0.133 e. The quantitative estimate of drug-likeness (QED) is 0.947. The number of ether oxygens (including phenoxy) is 1. The monoisotopic (exact) mass is 298 g/mol. The highest BCUT2D eigenvalue weighted by atomic mass is 79.9. The van der Waals surface area contributed by atoms with Gasteiger partial charge < -0.3 is 10.5 Å². The Bertz CT molecular complexity index is 498. The first-order valence-electron chi connectivity index (χ1n) is 4.73. The van der Waals surface area contributed by atoms with Gasteiger partial charge in [-0.25, -0.2) is 4.98 Å². The van der Waals surface area contributed by atoms with Crippen molar-refractivity contribution in [2.24, 2.45) is 5.73 Å². The van der Waals surface area contributed by atoms with Gasteiger partial charge >= 0.3 is 0 Å². The van der Waals surface area contributed by atoms with Crippen LogP contribution in [0.5, 0.6) is 5.75 Å². The van der Waals surface area contributed by atoms with Gasteiger partial charge in [-0.3, -0.25) is 0 Å². The molecular weight excluding hydrogens is 288 g/mol. The van der Waals surface area contributed by atoms with Crippen molar-refractivity contribution < 1.29 is 4.74 Å². The highest BCUT2D eigenvalue weighted by Gasteiger charge is 2.06. The van der Waals surface area contributed by atoms with Crippen molar-refractivity contribution in [3.8, 4) is 17.0 Å². The van der Waals surface area contributed by atoms with E-state index in [2.05, 4.69) is 20.9 Å². The zero-order valence-corrected chi connectivity index (χ0v) is 11.1. The minimum Gasteiger partial charge on any atom is -0.496 e. The van der Waals surface area contributed by atoms with Crippen LogP contribution in [0.1, 0.15) is 5.01 Å². The summed E-state index contributed by atoms with van der Waals surface area (Å²) in [5.41, 5.74) is 7.55. The molecule has 0 unspecified atom stereocenters. The summed E-state index contributed by atoms with van der Waals surface area (Å²) in [6.45, 7) is 0.488. The van der Waals surface area contributed by atoms with Gasteiger partial charge in [0.15, 0.2) is 0 Å². The lowest BCUT2D eigenvalue weighted by Gasteiger charge is -2.04. The second-order valence-corrected chi connectivity index (χ2v) is 4.98. The van der Waals surface area contributed by atoms with Crippen LogP contribution in [0.15, 0.2) is 28.1 Å². The molecule has 1 aromatic heterocycles. The fraction of sp³-hybridized carbons (Fsp3) is 0.182. The number of nitrogens with two attached hydrogens (primary N) is 1. The molecule has 84 valence electrons. The minimum absolute atomic E-state index is 0.488. The molecule has 1 heterocycles. The lowest BCUT2D eigenvalue weighted by Crippen LogP contribution is -1.94. The van der Waals surface area contributed by atoms with E-state index in [1.165, 1.54) is 0 Å². The first kappa shape index (κ1) is 11.6. The molecule has 0 spiro atoms. The second-order valence-electron chi connectivity index (χ2n) is 3.18. The van der Waals surface area contributed by atoms with Crippen LogP contribution in [0.3, 0.4) is 0 Å². The average Bonchev–Trinajstić information content (AvgIpc) is 2.77. The summed E-state index contributed by atoms with van der Waals surface area (Å²) in [5.74, 6) is 0.818. The maximum atomic E-state index is 5.54. The van der Waals surface area contributed by atoms with E-state index in [0.29, 0.717) is 6.54 Å². The summed E-state index contributed by atoms with van der Waals surface area (Å²) in [7, 11) is 1.65. The zero-order chi connectivity index (χ0) is 11.5. The van der Waals surface area contributed by atoms with E-state index in [1.54, 1.807) is 18.4 Å². The third-order valence-corrected chi connectivity index (χ3v) is 3.66. The molecule has 5 heteroatoms. The summed E-state index contributed by atoms with van der Waals surface area (Å²) >= 11 is 5.03. The molecule has 0 aliphatic rings. The van der Waals surface area contributed by atoms with Crippen molar-refractivity contribution in [2.75, 3.05) is 7.11 Å². The molecule has 0 fully saturated rings. The summed E-state index contributed by atoms with van der Waals surface area (Å²) in [6.07, 6.45) is 0. The standard InChI is InChI=1S/C11H11BrN2OS/c1-15-10-3-2-7(4-8(10)12)9-6-16-11(5-13)14-9/h2-4,6H,5,13H2,1H3. The maximum absolute atomic E-state index is 5.54. The number of thiazole rings is 1. The van der Waals surface area contributed by atoms with Crippen LogP contribution in [-0.2, 0) is 6.54 Å². The Morgan fingerprint density at radius 2 is 2.31 bits per heavy atom. The van der Waals surface area contributed by atoms with E-state index in [-0.39, 0.29) is 0 Å². The second kappa shape index (κ2) is 4.95. The van der Waals surface area contributed by atoms with Crippen LogP contribution >= 0.6 is 27.3 Å². The van der Waals surface area contributed by atoms with Crippen LogP contribution in [0, 0.1) is 0 Å². The molecule has 0 saturated carbocycles. The molecule has 0 saturated heterocycles. The molecule has 0 aliphatic heterocycles. The molecule has 0 bridgehead atoms. The number of nitrogens with zero attached hydrogens (tertiary/aromatic N) is 1. The summed E-state index contributed by atoms with van der Waals surface area (Å²) in [6, 6.07) is 5.90. The molecule has 0 atom stereocenters. The summed E-state index contributed by atoms with van der Waals surface area (Å²) < 4.78 is 6.10. The predicted molar refractivity (Wildman–Crippen MR) is 69.7 cm³/mol. The molecule has 1 aromatic carbocycles. The number of aromatic nitrogens is 1. The van der Waals surface area contributed by atoms with Crippen LogP contribution in [0.2, 0.25) is 0 Å². The Hall–Kier alpha value is -0.910. The van der Waals surface area contributed by atoms with Crippen molar-refractivity contribution in [3.05, 3.63) is 33.1 Å². The maximum Gasteiger partial charge on any atom is 0.133 e. The van der Waals surface area contributed by atoms with E-state index in [4.69, 9.17) is 10.5 Å². The van der Waals surface area contributed by atoms with Gasteiger partial charge in [0, 0.05) is 17.5 Å². The Morgan fingerprint density at radius 1 is 1.50 bits per heavy atom. The van der Waals surface area contributed by atoms with Crippen molar-refractivity contribution in [1.29, 1.82) is 0 Å². The molecule has 2 aromatic rings. The Balaban J connectivity index is 2.37. The fourth-order valence-electron chi connectivity index (χ4n) is 1.36. The summed E-state index contributed by atoms with van der Waals surface area (Å²) in [5, 5.41) is 2.96. The van der Waals surface area contributed by atoms with Gasteiger partial charge in [0.1, 0.15) is 10.8 Å². The van der Waals surface area contributed by atoms with Crippen molar-refractivity contribution >= 4 is 27.3 Å². The lowest BCUT2D eigenvalue weighted by atomic mass is 10.2. The van der Waals surface area contributed by atoms with Gasteiger partial charge in [0.25, 0.3) is 0 Å². The molecule has 2 N–H and O–H groups in total. The zero-order valence-electron chi connectivity index (χ0n) is 8.74. The van der Waals surface area contributed by atoms with Crippen LogP contribution in [0.25, 0.3) is 11.3 Å². The van der Waals surface area contributed by atoms with Crippen LogP contribution < -0.4 is 10.5 Å². The fourth-order valence-corrected chi connectivity index (χ4v) is 2.59. The Labute approximate surface area is 106 Å². The third kappa shape index (κ3) is 2.26. The normalized spacial score (nSPS) is 10.4. The predicted octanol–water partition coefficient (Wildman–Crippen LogP) is 3.04. The van der Waals surface area contributed by atoms with Gasteiger partial charge in [-0.2, -0.15) is 0 Å². The third-order valence-electron chi connectivity index (χ3n) is 2.17. The molecule has 0 amide bonds. The average molecular weight is 299 g/mol. The lowest BCUT2D eigenvalue weighted by molar-refractivity contribution is 0.412. The molecule has 16 heavy (non-hydrogen) atoms. The molecule has 0 radical (unpaired) electrons. The van der Waals surface area contributed by atoms with Gasteiger partial charge in [0.2, 0.25) is 0 Å². The highest BCUT2D eigenvalue weighted by molar-refractivity contribution is 9.10. The van der Waals surface area contributed by atoms with Gasteiger partial charge in [-0.15, -0.1) is 11.3 Å². The largest absolute Gasteiger partial charge is 0.496 e. The van der Waals surface area contributed by atoms with E-state index in [9.17, 15) is 0 Å². The topological polar surface area (TPSA) is 48.1 Å². The molecule has 0 aliphatic carbocycles. The van der Waals surface area contributed by atoms with Gasteiger partial charge in [0.05, 0.1) is 17.3 Å². The van der Waals surface area contributed by atoms with Crippen molar-refractivity contribution in [3.63, 3.8) is 0 Å². The number of hydrogen-bond acceptors (Lipinski definition) is 4. The number of methoxy groups -OCH3 is 1. The van der Waals surface area contributed by atoms with Crippen molar-refractivity contribution in [2.45, 2.75) is 6.54 Å². The molecule has 3 nitrogen and oxygen atoms in total. The van der Waals surface area contributed by atoms with E-state index >= 15 is 0 Å². The molecule has 2 rings (SSSR count). The summed E-state index contributed by atoms with van der Waals surface area (Å²) in [4.78, 5) is 4.43. The number of hydrogen-bond donors (Lipinski definition) is 1. The van der Waals surface area contributed by atoms with E-state index in [0.717, 1.165) is 26.5 Å². The van der Waals surface area contributed by atoms with Crippen molar-refractivity contribution in [1.82, 2.24) is 4.98 Å². The highest BCUT2D eigenvalue weighted by Crippen LogP contribution is 2.30. The minimum atomic E-state index is 0.488. The SMILES string of the molecule is COc1ccc(-c2csc(CN)n2)cc1Br. The Kier molecular flexibility index (Phi) is 3.58. The number of halogens is 1. The first-order valence-corrected chi connectivity index (χ1v) is 6.40. The van der Waals surface area contributed by atoms with Gasteiger partial charge in [-0.05, 0) is 34.1 Å². The van der Waals surface area contributed by atoms with Crippen LogP contribution in [-0.4, -0.2) is 12.1 Å². The van der Waals surface area contributed by atoms with E-state index < -0.39 is 0 Å². The van der Waals surface area contributed by atoms with Gasteiger partial charge in [-0.1, -0.05) is 0 Å².